The predicted molar refractivity (Wildman–Crippen MR) is 101 cm³/mol. The maximum Gasteiger partial charge on any atom is 0.340 e. The molecule has 1 atom stereocenters. The van der Waals surface area contributed by atoms with Gasteiger partial charge in [0.05, 0.1) is 38.2 Å². The summed E-state index contributed by atoms with van der Waals surface area (Å²) in [5.74, 6) is -0.363. The van der Waals surface area contributed by atoms with Crippen LogP contribution in [0.3, 0.4) is 0 Å². The van der Waals surface area contributed by atoms with Gasteiger partial charge in [0.1, 0.15) is 0 Å². The van der Waals surface area contributed by atoms with E-state index >= 15 is 0 Å². The van der Waals surface area contributed by atoms with Gasteiger partial charge in [-0.1, -0.05) is 18.2 Å². The molecule has 1 aliphatic heterocycles. The van der Waals surface area contributed by atoms with E-state index in [2.05, 4.69) is 11.5 Å². The maximum atomic E-state index is 12.4. The number of carbonyl (C=O) groups excluding carboxylic acids is 1. The molecule has 1 aromatic heterocycles. The van der Waals surface area contributed by atoms with Crippen LogP contribution in [0.15, 0.2) is 24.3 Å². The molecule has 146 valence electrons. The average Bonchev–Trinajstić information content (AvgIpc) is 3.29. The largest absolute Gasteiger partial charge is 0.465 e. The average molecular weight is 373 g/mol. The van der Waals surface area contributed by atoms with Crippen molar-refractivity contribution in [3.8, 4) is 0 Å². The molecular weight excluding hydrogens is 346 g/mol. The molecule has 4 rings (SSSR count). The van der Waals surface area contributed by atoms with Crippen LogP contribution in [0.25, 0.3) is 10.9 Å². The molecule has 1 N–H and O–H groups in total. The lowest BCUT2D eigenvalue weighted by Crippen LogP contribution is -2.37. The van der Waals surface area contributed by atoms with E-state index in [1.165, 1.54) is 7.11 Å². The molecule has 27 heavy (non-hydrogen) atoms. The number of aromatic nitrogens is 1. The first-order chi connectivity index (χ1) is 13.1. The van der Waals surface area contributed by atoms with Crippen LogP contribution in [-0.2, 0) is 20.8 Å². The van der Waals surface area contributed by atoms with Gasteiger partial charge in [-0.3, -0.25) is 0 Å². The Hall–Kier alpha value is -1.89. The Bertz CT molecular complexity index is 826. The van der Waals surface area contributed by atoms with Crippen LogP contribution in [0, 0.1) is 5.92 Å². The van der Waals surface area contributed by atoms with Crippen molar-refractivity contribution in [2.45, 2.75) is 51.0 Å². The number of fused-ring (bicyclic) bond motifs is 1. The summed E-state index contributed by atoms with van der Waals surface area (Å²) in [6.45, 7) is 3.33. The first kappa shape index (κ1) is 18.5. The van der Waals surface area contributed by atoms with E-state index in [1.807, 2.05) is 24.3 Å². The Morgan fingerprint density at radius 2 is 1.96 bits per heavy atom. The molecule has 0 amide bonds. The smallest absolute Gasteiger partial charge is 0.340 e. The van der Waals surface area contributed by atoms with Gasteiger partial charge in [-0.2, -0.15) is 0 Å². The number of benzene rings is 1. The highest BCUT2D eigenvalue weighted by molar-refractivity contribution is 6.06. The van der Waals surface area contributed by atoms with Crippen LogP contribution < -0.4 is 0 Å². The van der Waals surface area contributed by atoms with Crippen LogP contribution >= 0.6 is 0 Å². The first-order valence-electron chi connectivity index (χ1n) is 9.69. The Morgan fingerprint density at radius 1 is 1.30 bits per heavy atom. The summed E-state index contributed by atoms with van der Waals surface area (Å²) in [4.78, 5) is 12.4. The van der Waals surface area contributed by atoms with Crippen molar-refractivity contribution in [3.63, 3.8) is 0 Å². The number of nitrogens with zero attached hydrogens (tertiary/aromatic N) is 1. The van der Waals surface area contributed by atoms with Gasteiger partial charge in [0.15, 0.2) is 5.79 Å². The highest BCUT2D eigenvalue weighted by Gasteiger charge is 2.42. The number of para-hydroxylation sites is 1. The van der Waals surface area contributed by atoms with Crippen molar-refractivity contribution < 1.29 is 24.1 Å². The number of rotatable bonds is 4. The number of ether oxygens (including phenoxy) is 3. The van der Waals surface area contributed by atoms with Gasteiger partial charge < -0.3 is 23.9 Å². The van der Waals surface area contributed by atoms with Gasteiger partial charge in [0.2, 0.25) is 0 Å². The van der Waals surface area contributed by atoms with E-state index in [0.717, 1.165) is 36.6 Å². The summed E-state index contributed by atoms with van der Waals surface area (Å²) >= 11 is 0. The summed E-state index contributed by atoms with van der Waals surface area (Å²) < 4.78 is 18.8. The van der Waals surface area contributed by atoms with Crippen molar-refractivity contribution in [2.24, 2.45) is 5.92 Å². The minimum absolute atomic E-state index is 0.147. The predicted octanol–water partition coefficient (Wildman–Crippen LogP) is 3.41. The second kappa shape index (κ2) is 7.26. The number of aliphatic hydroxyl groups excluding tert-OH is 1. The van der Waals surface area contributed by atoms with Crippen LogP contribution in [0.1, 0.15) is 54.7 Å². The van der Waals surface area contributed by atoms with E-state index in [-0.39, 0.29) is 18.4 Å². The second-order valence-electron chi connectivity index (χ2n) is 7.54. The zero-order valence-electron chi connectivity index (χ0n) is 15.9. The third-order valence-corrected chi connectivity index (χ3v) is 6.25. The Kier molecular flexibility index (Phi) is 4.97. The molecule has 1 aliphatic carbocycles. The van der Waals surface area contributed by atoms with Gasteiger partial charge in [0.25, 0.3) is 0 Å². The van der Waals surface area contributed by atoms with Gasteiger partial charge >= 0.3 is 5.97 Å². The SMILES string of the molecule is COC(=O)c1c(CO)n([C@H](C)C2CCC3(CC2)OCCO3)c2ccccc12. The van der Waals surface area contributed by atoms with Gasteiger partial charge in [-0.05, 0) is 31.7 Å². The lowest BCUT2D eigenvalue weighted by Gasteiger charge is -2.38. The molecule has 1 aromatic carbocycles. The Morgan fingerprint density at radius 3 is 2.59 bits per heavy atom. The van der Waals surface area contributed by atoms with Gasteiger partial charge in [-0.25, -0.2) is 4.79 Å². The zero-order chi connectivity index (χ0) is 19.0. The third kappa shape index (κ3) is 3.06. The standard InChI is InChI=1S/C21H27NO5/c1-14(15-7-9-21(10-8-15)26-11-12-27-21)22-17-6-4-3-5-16(17)19(18(22)13-23)20(24)25-2/h3-6,14-15,23H,7-13H2,1-2H3/t14-/m1/s1. The summed E-state index contributed by atoms with van der Waals surface area (Å²) in [6.07, 6.45) is 3.76. The lowest BCUT2D eigenvalue weighted by atomic mass is 9.81. The van der Waals surface area contributed by atoms with E-state index in [1.54, 1.807) is 0 Å². The minimum Gasteiger partial charge on any atom is -0.465 e. The van der Waals surface area contributed by atoms with E-state index in [0.29, 0.717) is 30.4 Å². The fourth-order valence-electron chi connectivity index (χ4n) is 4.83. The number of aliphatic hydroxyl groups is 1. The normalized spacial score (nSPS) is 21.0. The Balaban J connectivity index is 1.69. The quantitative estimate of drug-likeness (QED) is 0.832. The molecule has 6 nitrogen and oxygen atoms in total. The van der Waals surface area contributed by atoms with Crippen molar-refractivity contribution in [2.75, 3.05) is 20.3 Å². The van der Waals surface area contributed by atoms with Crippen molar-refractivity contribution in [1.29, 1.82) is 0 Å². The molecule has 1 spiro atoms. The molecule has 2 aliphatic rings. The highest BCUT2D eigenvalue weighted by Crippen LogP contribution is 2.43. The van der Waals surface area contributed by atoms with Crippen LogP contribution in [0.5, 0.6) is 0 Å². The summed E-state index contributed by atoms with van der Waals surface area (Å²) in [5.41, 5.74) is 2.06. The highest BCUT2D eigenvalue weighted by atomic mass is 16.7. The van der Waals surface area contributed by atoms with E-state index < -0.39 is 5.97 Å². The molecule has 0 radical (unpaired) electrons. The number of hydrogen-bond donors (Lipinski definition) is 1. The van der Waals surface area contributed by atoms with Crippen molar-refractivity contribution in [3.05, 3.63) is 35.5 Å². The monoisotopic (exact) mass is 373 g/mol. The number of esters is 1. The van der Waals surface area contributed by atoms with Crippen LogP contribution in [-0.4, -0.2) is 41.8 Å². The lowest BCUT2D eigenvalue weighted by molar-refractivity contribution is -0.184. The van der Waals surface area contributed by atoms with Crippen LogP contribution in [0.2, 0.25) is 0 Å². The van der Waals surface area contributed by atoms with Gasteiger partial charge in [-0.15, -0.1) is 0 Å². The van der Waals surface area contributed by atoms with Gasteiger partial charge in [0, 0.05) is 29.8 Å². The molecule has 0 bridgehead atoms. The second-order valence-corrected chi connectivity index (χ2v) is 7.54. The first-order valence-corrected chi connectivity index (χ1v) is 9.69. The molecule has 2 heterocycles. The number of methoxy groups -OCH3 is 1. The molecule has 6 heteroatoms. The summed E-state index contributed by atoms with van der Waals surface area (Å²) in [6, 6.07) is 7.94. The molecule has 2 aromatic rings. The van der Waals surface area contributed by atoms with E-state index in [4.69, 9.17) is 14.2 Å². The number of hydrogen-bond acceptors (Lipinski definition) is 5. The van der Waals surface area contributed by atoms with Crippen molar-refractivity contribution in [1.82, 2.24) is 4.57 Å². The molecule has 0 unspecified atom stereocenters. The fraction of sp³-hybridized carbons (Fsp3) is 0.571. The topological polar surface area (TPSA) is 69.9 Å². The maximum absolute atomic E-state index is 12.4. The third-order valence-electron chi connectivity index (χ3n) is 6.25. The Labute approximate surface area is 159 Å². The zero-order valence-corrected chi connectivity index (χ0v) is 15.9. The molecule has 2 fully saturated rings. The molecule has 1 saturated heterocycles. The number of carbonyl (C=O) groups is 1. The van der Waals surface area contributed by atoms with Crippen molar-refractivity contribution >= 4 is 16.9 Å². The van der Waals surface area contributed by atoms with E-state index in [9.17, 15) is 9.90 Å². The molecular formula is C21H27NO5. The fourth-order valence-corrected chi connectivity index (χ4v) is 4.83. The summed E-state index contributed by atoms with van der Waals surface area (Å²) in [7, 11) is 1.38. The minimum atomic E-state index is -0.406. The van der Waals surface area contributed by atoms with Crippen LogP contribution in [0.4, 0.5) is 0 Å². The molecule has 1 saturated carbocycles. The summed E-state index contributed by atoms with van der Waals surface area (Å²) in [5, 5.41) is 10.9.